The first-order chi connectivity index (χ1) is 6.40. The van der Waals surface area contributed by atoms with Crippen LogP contribution in [-0.2, 0) is 0 Å². The third-order valence-electron chi connectivity index (χ3n) is 1.53. The molecule has 0 N–H and O–H groups in total. The first kappa shape index (κ1) is 7.60. The minimum absolute atomic E-state index is 0.382. The third-order valence-corrected chi connectivity index (χ3v) is 1.53. The van der Waals surface area contributed by atoms with Crippen molar-refractivity contribution >= 4 is 6.29 Å². The van der Waals surface area contributed by atoms with Crippen LogP contribution in [0.3, 0.4) is 0 Å². The van der Waals surface area contributed by atoms with Crippen molar-refractivity contribution in [1.82, 2.24) is 15.1 Å². The van der Waals surface area contributed by atoms with E-state index in [1.165, 1.54) is 12.6 Å². The Hall–Kier alpha value is -2.04. The zero-order valence-corrected chi connectivity index (χ0v) is 6.54. The summed E-state index contributed by atoms with van der Waals surface area (Å²) in [4.78, 5) is 18.0. The molecule has 0 radical (unpaired) electrons. The molecule has 0 fully saturated rings. The van der Waals surface area contributed by atoms with E-state index < -0.39 is 0 Å². The number of carbonyl (C=O) groups is 1. The van der Waals surface area contributed by atoms with E-state index in [1.54, 1.807) is 12.1 Å². The Kier molecular flexibility index (Phi) is 1.84. The van der Waals surface area contributed by atoms with Gasteiger partial charge in [-0.25, -0.2) is 0 Å². The van der Waals surface area contributed by atoms with Crippen molar-refractivity contribution in [2.24, 2.45) is 0 Å². The monoisotopic (exact) mass is 175 g/mol. The first-order valence-corrected chi connectivity index (χ1v) is 3.58. The summed E-state index contributed by atoms with van der Waals surface area (Å²) in [6, 6.07) is 3.31. The van der Waals surface area contributed by atoms with Crippen LogP contribution in [0.4, 0.5) is 0 Å². The summed E-state index contributed by atoms with van der Waals surface area (Å²) in [6.07, 6.45) is 3.44. The lowest BCUT2D eigenvalue weighted by Crippen LogP contribution is -1.87. The van der Waals surface area contributed by atoms with Crippen LogP contribution in [0.2, 0.25) is 0 Å². The van der Waals surface area contributed by atoms with Crippen LogP contribution in [0.25, 0.3) is 11.4 Å². The molecular weight excluding hydrogens is 170 g/mol. The molecule has 5 nitrogen and oxygen atoms in total. The lowest BCUT2D eigenvalue weighted by molar-refractivity contribution is 0.111. The standard InChI is InChI=1S/C8H5N3O2/c12-4-7-2-1-6(3-9-7)8-10-5-13-11-8/h1-5H. The summed E-state index contributed by atoms with van der Waals surface area (Å²) in [6.45, 7) is 0. The predicted octanol–water partition coefficient (Wildman–Crippen LogP) is 0.944. The summed E-state index contributed by atoms with van der Waals surface area (Å²) in [5.41, 5.74) is 1.10. The summed E-state index contributed by atoms with van der Waals surface area (Å²) in [7, 11) is 0. The molecule has 0 atom stereocenters. The summed E-state index contributed by atoms with van der Waals surface area (Å²) in [5, 5.41) is 3.63. The fourth-order valence-electron chi connectivity index (χ4n) is 0.905. The molecule has 0 spiro atoms. The van der Waals surface area contributed by atoms with Gasteiger partial charge in [0.25, 0.3) is 0 Å². The quantitative estimate of drug-likeness (QED) is 0.635. The van der Waals surface area contributed by atoms with E-state index in [1.807, 2.05) is 0 Å². The maximum atomic E-state index is 10.3. The Balaban J connectivity index is 2.38. The van der Waals surface area contributed by atoms with E-state index in [-0.39, 0.29) is 0 Å². The molecule has 0 aromatic carbocycles. The van der Waals surface area contributed by atoms with Gasteiger partial charge in [-0.15, -0.1) is 0 Å². The van der Waals surface area contributed by atoms with Crippen molar-refractivity contribution < 1.29 is 9.32 Å². The van der Waals surface area contributed by atoms with Crippen LogP contribution in [0.15, 0.2) is 29.2 Å². The molecule has 0 unspecified atom stereocenters. The Morgan fingerprint density at radius 1 is 1.31 bits per heavy atom. The summed E-state index contributed by atoms with van der Waals surface area (Å²) in [5.74, 6) is 0.463. The van der Waals surface area contributed by atoms with E-state index >= 15 is 0 Å². The van der Waals surface area contributed by atoms with Gasteiger partial charge in [0.05, 0.1) is 0 Å². The molecule has 13 heavy (non-hydrogen) atoms. The van der Waals surface area contributed by atoms with E-state index in [0.29, 0.717) is 17.8 Å². The molecule has 0 saturated heterocycles. The van der Waals surface area contributed by atoms with Crippen molar-refractivity contribution in [1.29, 1.82) is 0 Å². The van der Waals surface area contributed by atoms with Crippen molar-refractivity contribution in [2.75, 3.05) is 0 Å². The van der Waals surface area contributed by atoms with Gasteiger partial charge in [0.1, 0.15) is 5.69 Å². The van der Waals surface area contributed by atoms with Crippen LogP contribution in [0.5, 0.6) is 0 Å². The highest BCUT2D eigenvalue weighted by molar-refractivity contribution is 5.72. The zero-order chi connectivity index (χ0) is 9.10. The van der Waals surface area contributed by atoms with Crippen LogP contribution in [0, 0.1) is 0 Å². The lowest BCUT2D eigenvalue weighted by Gasteiger charge is -1.92. The van der Waals surface area contributed by atoms with Crippen molar-refractivity contribution in [3.63, 3.8) is 0 Å². The molecule has 5 heteroatoms. The first-order valence-electron chi connectivity index (χ1n) is 3.58. The van der Waals surface area contributed by atoms with Gasteiger partial charge in [-0.3, -0.25) is 9.78 Å². The normalized spacial score (nSPS) is 9.85. The largest absolute Gasteiger partial charge is 0.342 e. The summed E-state index contributed by atoms with van der Waals surface area (Å²) >= 11 is 0. The highest BCUT2D eigenvalue weighted by atomic mass is 16.5. The molecule has 2 rings (SSSR count). The molecule has 0 amide bonds. The second kappa shape index (κ2) is 3.14. The van der Waals surface area contributed by atoms with Gasteiger partial charge in [-0.1, -0.05) is 5.16 Å². The smallest absolute Gasteiger partial charge is 0.214 e. The molecule has 2 aromatic heterocycles. The summed E-state index contributed by atoms with van der Waals surface area (Å²) < 4.78 is 4.57. The third kappa shape index (κ3) is 1.44. The van der Waals surface area contributed by atoms with E-state index in [9.17, 15) is 4.79 Å². The van der Waals surface area contributed by atoms with Crippen molar-refractivity contribution in [3.8, 4) is 11.4 Å². The Labute approximate surface area is 73.4 Å². The van der Waals surface area contributed by atoms with Crippen molar-refractivity contribution in [2.45, 2.75) is 0 Å². The molecular formula is C8H5N3O2. The fourth-order valence-corrected chi connectivity index (χ4v) is 0.905. The SMILES string of the molecule is O=Cc1ccc(-c2ncon2)cn1. The molecule has 0 saturated carbocycles. The molecule has 0 bridgehead atoms. The number of nitrogens with zero attached hydrogens (tertiary/aromatic N) is 3. The molecule has 0 aliphatic heterocycles. The van der Waals surface area contributed by atoms with Gasteiger partial charge in [0.15, 0.2) is 6.29 Å². The Morgan fingerprint density at radius 3 is 2.77 bits per heavy atom. The van der Waals surface area contributed by atoms with Crippen LogP contribution >= 0.6 is 0 Å². The highest BCUT2D eigenvalue weighted by Gasteiger charge is 2.02. The predicted molar refractivity (Wildman–Crippen MR) is 42.9 cm³/mol. The maximum Gasteiger partial charge on any atom is 0.214 e. The lowest BCUT2D eigenvalue weighted by atomic mass is 10.2. The maximum absolute atomic E-state index is 10.3. The highest BCUT2D eigenvalue weighted by Crippen LogP contribution is 2.11. The van der Waals surface area contributed by atoms with E-state index in [2.05, 4.69) is 19.6 Å². The number of aromatic nitrogens is 3. The number of carbonyl (C=O) groups excluding carboxylic acids is 1. The van der Waals surface area contributed by atoms with Gasteiger partial charge in [0, 0.05) is 11.8 Å². The minimum Gasteiger partial charge on any atom is -0.342 e. The van der Waals surface area contributed by atoms with Gasteiger partial charge in [-0.05, 0) is 12.1 Å². The number of hydrogen-bond donors (Lipinski definition) is 0. The van der Waals surface area contributed by atoms with Crippen molar-refractivity contribution in [3.05, 3.63) is 30.4 Å². The van der Waals surface area contributed by atoms with Gasteiger partial charge < -0.3 is 4.52 Å². The number of hydrogen-bond acceptors (Lipinski definition) is 5. The number of aldehydes is 1. The molecule has 0 aliphatic rings. The van der Waals surface area contributed by atoms with Crippen LogP contribution < -0.4 is 0 Å². The topological polar surface area (TPSA) is 68.9 Å². The van der Waals surface area contributed by atoms with Gasteiger partial charge >= 0.3 is 0 Å². The number of rotatable bonds is 2. The second-order valence-corrected chi connectivity index (χ2v) is 2.34. The van der Waals surface area contributed by atoms with Gasteiger partial charge in [-0.2, -0.15) is 4.98 Å². The van der Waals surface area contributed by atoms with E-state index in [0.717, 1.165) is 5.56 Å². The Morgan fingerprint density at radius 2 is 2.23 bits per heavy atom. The molecule has 0 aliphatic carbocycles. The van der Waals surface area contributed by atoms with Gasteiger partial charge in [0.2, 0.25) is 12.2 Å². The van der Waals surface area contributed by atoms with E-state index in [4.69, 9.17) is 0 Å². The number of pyridine rings is 1. The molecule has 2 heterocycles. The average Bonchev–Trinajstić information content (AvgIpc) is 2.71. The molecule has 2 aromatic rings. The fraction of sp³-hybridized carbons (Fsp3) is 0. The Bertz CT molecular complexity index is 394. The minimum atomic E-state index is 0.382. The second-order valence-electron chi connectivity index (χ2n) is 2.34. The van der Waals surface area contributed by atoms with Crippen LogP contribution in [-0.4, -0.2) is 21.4 Å². The zero-order valence-electron chi connectivity index (χ0n) is 6.54. The average molecular weight is 175 g/mol. The van der Waals surface area contributed by atoms with Crippen LogP contribution in [0.1, 0.15) is 10.5 Å². The molecule has 64 valence electrons.